The number of nitrogens with zero attached hydrogens (tertiary/aromatic N) is 1. The van der Waals surface area contributed by atoms with Crippen LogP contribution in [0.3, 0.4) is 0 Å². The SMILES string of the molecule is O=C(Nc1ccc(N2CCCCC2)c(F)c1)c1ccccc1Br. The van der Waals surface area contributed by atoms with Gasteiger partial charge in [0.05, 0.1) is 11.3 Å². The van der Waals surface area contributed by atoms with Gasteiger partial charge in [0.2, 0.25) is 0 Å². The first-order chi connectivity index (χ1) is 11.1. The zero-order valence-corrected chi connectivity index (χ0v) is 14.3. The van der Waals surface area contributed by atoms with E-state index in [4.69, 9.17) is 0 Å². The number of anilines is 2. The van der Waals surface area contributed by atoms with Crippen molar-refractivity contribution in [2.45, 2.75) is 19.3 Å². The van der Waals surface area contributed by atoms with Gasteiger partial charge in [-0.05, 0) is 65.5 Å². The average molecular weight is 377 g/mol. The van der Waals surface area contributed by atoms with E-state index in [0.29, 0.717) is 21.4 Å². The van der Waals surface area contributed by atoms with Crippen LogP contribution in [0.2, 0.25) is 0 Å². The van der Waals surface area contributed by atoms with Gasteiger partial charge in [-0.15, -0.1) is 0 Å². The van der Waals surface area contributed by atoms with E-state index in [-0.39, 0.29) is 11.7 Å². The van der Waals surface area contributed by atoms with Crippen molar-refractivity contribution in [3.63, 3.8) is 0 Å². The Bertz CT molecular complexity index is 714. The summed E-state index contributed by atoms with van der Waals surface area (Å²) in [6.07, 6.45) is 3.40. The van der Waals surface area contributed by atoms with Gasteiger partial charge in [0.25, 0.3) is 5.91 Å². The summed E-state index contributed by atoms with van der Waals surface area (Å²) in [6.45, 7) is 1.78. The third-order valence-electron chi connectivity index (χ3n) is 4.02. The summed E-state index contributed by atoms with van der Waals surface area (Å²) in [7, 11) is 0. The minimum absolute atomic E-state index is 0.261. The number of nitrogens with one attached hydrogen (secondary N) is 1. The third-order valence-corrected chi connectivity index (χ3v) is 4.71. The molecule has 1 saturated heterocycles. The number of carbonyl (C=O) groups excluding carboxylic acids is 1. The summed E-state index contributed by atoms with van der Waals surface area (Å²) in [5.41, 5.74) is 1.60. The molecule has 1 amide bonds. The van der Waals surface area contributed by atoms with Crippen LogP contribution in [0.1, 0.15) is 29.6 Å². The van der Waals surface area contributed by atoms with Gasteiger partial charge in [-0.25, -0.2) is 4.39 Å². The fourth-order valence-corrected chi connectivity index (χ4v) is 3.28. The fourth-order valence-electron chi connectivity index (χ4n) is 2.82. The van der Waals surface area contributed by atoms with Crippen molar-refractivity contribution in [3.05, 3.63) is 58.3 Å². The third kappa shape index (κ3) is 3.72. The summed E-state index contributed by atoms with van der Waals surface area (Å²) in [6, 6.07) is 12.0. The first kappa shape index (κ1) is 16.0. The average Bonchev–Trinajstić information content (AvgIpc) is 2.56. The number of carbonyl (C=O) groups is 1. The van der Waals surface area contributed by atoms with E-state index in [0.717, 1.165) is 25.9 Å². The molecule has 0 aromatic heterocycles. The van der Waals surface area contributed by atoms with E-state index >= 15 is 0 Å². The standard InChI is InChI=1S/C18H18BrFN2O/c19-15-7-3-2-6-14(15)18(23)21-13-8-9-17(16(20)12-13)22-10-4-1-5-11-22/h2-3,6-9,12H,1,4-5,10-11H2,(H,21,23). The molecule has 3 rings (SSSR count). The maximum Gasteiger partial charge on any atom is 0.256 e. The van der Waals surface area contributed by atoms with Crippen molar-refractivity contribution in [1.82, 2.24) is 0 Å². The minimum Gasteiger partial charge on any atom is -0.369 e. The van der Waals surface area contributed by atoms with Crippen molar-refractivity contribution < 1.29 is 9.18 Å². The van der Waals surface area contributed by atoms with Crippen molar-refractivity contribution in [2.24, 2.45) is 0 Å². The van der Waals surface area contributed by atoms with Crippen LogP contribution in [0.5, 0.6) is 0 Å². The zero-order chi connectivity index (χ0) is 16.2. The highest BCUT2D eigenvalue weighted by atomic mass is 79.9. The predicted octanol–water partition coefficient (Wildman–Crippen LogP) is 4.83. The van der Waals surface area contributed by atoms with Gasteiger partial charge >= 0.3 is 0 Å². The molecule has 2 aromatic carbocycles. The van der Waals surface area contributed by atoms with E-state index in [1.54, 1.807) is 30.3 Å². The molecular formula is C18H18BrFN2O. The molecule has 1 N–H and O–H groups in total. The van der Waals surface area contributed by atoms with Gasteiger partial charge in [-0.2, -0.15) is 0 Å². The van der Waals surface area contributed by atoms with E-state index in [1.165, 1.54) is 12.5 Å². The molecule has 1 heterocycles. The lowest BCUT2D eigenvalue weighted by Crippen LogP contribution is -2.30. The Morgan fingerprint density at radius 1 is 1.09 bits per heavy atom. The van der Waals surface area contributed by atoms with Crippen molar-refractivity contribution >= 4 is 33.2 Å². The maximum atomic E-state index is 14.4. The van der Waals surface area contributed by atoms with Crippen LogP contribution in [0, 0.1) is 5.82 Å². The Morgan fingerprint density at radius 3 is 2.52 bits per heavy atom. The Hall–Kier alpha value is -1.88. The molecule has 0 spiro atoms. The summed E-state index contributed by atoms with van der Waals surface area (Å²) in [5.74, 6) is -0.556. The quantitative estimate of drug-likeness (QED) is 0.831. The molecule has 0 bridgehead atoms. The van der Waals surface area contributed by atoms with Crippen LogP contribution in [0.15, 0.2) is 46.9 Å². The molecule has 5 heteroatoms. The zero-order valence-electron chi connectivity index (χ0n) is 12.7. The Labute approximate surface area is 143 Å². The predicted molar refractivity (Wildman–Crippen MR) is 94.6 cm³/mol. The normalized spacial score (nSPS) is 14.6. The number of halogens is 2. The van der Waals surface area contributed by atoms with Gasteiger partial charge in [-0.3, -0.25) is 4.79 Å². The van der Waals surface area contributed by atoms with Crippen LogP contribution in [-0.4, -0.2) is 19.0 Å². The summed E-state index contributed by atoms with van der Waals surface area (Å²) < 4.78 is 15.1. The van der Waals surface area contributed by atoms with Gasteiger partial charge in [-0.1, -0.05) is 12.1 Å². The number of hydrogen-bond acceptors (Lipinski definition) is 2. The maximum absolute atomic E-state index is 14.4. The lowest BCUT2D eigenvalue weighted by molar-refractivity contribution is 0.102. The van der Waals surface area contributed by atoms with Gasteiger partial charge in [0, 0.05) is 23.2 Å². The number of piperidine rings is 1. The highest BCUT2D eigenvalue weighted by molar-refractivity contribution is 9.10. The molecular weight excluding hydrogens is 359 g/mol. The molecule has 1 aliphatic heterocycles. The van der Waals surface area contributed by atoms with Crippen LogP contribution in [0.25, 0.3) is 0 Å². The molecule has 1 aliphatic rings. The van der Waals surface area contributed by atoms with Crippen LogP contribution in [-0.2, 0) is 0 Å². The molecule has 0 radical (unpaired) electrons. The first-order valence-electron chi connectivity index (χ1n) is 7.75. The molecule has 2 aromatic rings. The van der Waals surface area contributed by atoms with Gasteiger partial charge in [0.1, 0.15) is 5.82 Å². The highest BCUT2D eigenvalue weighted by Crippen LogP contribution is 2.26. The summed E-state index contributed by atoms with van der Waals surface area (Å²) >= 11 is 3.35. The second-order valence-corrected chi connectivity index (χ2v) is 6.50. The Morgan fingerprint density at radius 2 is 1.83 bits per heavy atom. The topological polar surface area (TPSA) is 32.3 Å². The highest BCUT2D eigenvalue weighted by Gasteiger charge is 2.16. The summed E-state index contributed by atoms with van der Waals surface area (Å²) in [4.78, 5) is 14.3. The monoisotopic (exact) mass is 376 g/mol. The minimum atomic E-state index is -0.295. The first-order valence-corrected chi connectivity index (χ1v) is 8.55. The number of benzene rings is 2. The Kier molecular flexibility index (Phi) is 4.96. The van der Waals surface area contributed by atoms with E-state index in [2.05, 4.69) is 26.1 Å². The molecule has 3 nitrogen and oxygen atoms in total. The van der Waals surface area contributed by atoms with Crippen LogP contribution >= 0.6 is 15.9 Å². The second-order valence-electron chi connectivity index (χ2n) is 5.65. The van der Waals surface area contributed by atoms with Crippen molar-refractivity contribution in [1.29, 1.82) is 0 Å². The van der Waals surface area contributed by atoms with Gasteiger partial charge in [0.15, 0.2) is 0 Å². The molecule has 120 valence electrons. The molecule has 0 atom stereocenters. The largest absolute Gasteiger partial charge is 0.369 e. The number of hydrogen-bond donors (Lipinski definition) is 1. The van der Waals surface area contributed by atoms with E-state index < -0.39 is 0 Å². The van der Waals surface area contributed by atoms with Crippen LogP contribution < -0.4 is 10.2 Å². The fraction of sp³-hybridized carbons (Fsp3) is 0.278. The van der Waals surface area contributed by atoms with Crippen molar-refractivity contribution in [2.75, 3.05) is 23.3 Å². The van der Waals surface area contributed by atoms with Crippen molar-refractivity contribution in [3.8, 4) is 0 Å². The van der Waals surface area contributed by atoms with E-state index in [9.17, 15) is 9.18 Å². The lowest BCUT2D eigenvalue weighted by atomic mass is 10.1. The smallest absolute Gasteiger partial charge is 0.256 e. The lowest BCUT2D eigenvalue weighted by Gasteiger charge is -2.29. The van der Waals surface area contributed by atoms with Crippen LogP contribution in [0.4, 0.5) is 15.8 Å². The van der Waals surface area contributed by atoms with E-state index in [1.807, 2.05) is 6.07 Å². The molecule has 0 saturated carbocycles. The molecule has 0 unspecified atom stereocenters. The second kappa shape index (κ2) is 7.13. The number of rotatable bonds is 3. The molecule has 1 fully saturated rings. The van der Waals surface area contributed by atoms with Gasteiger partial charge < -0.3 is 10.2 Å². The Balaban J connectivity index is 1.75. The summed E-state index contributed by atoms with van der Waals surface area (Å²) in [5, 5.41) is 2.74. The number of amides is 1. The molecule has 23 heavy (non-hydrogen) atoms. The molecule has 0 aliphatic carbocycles.